The highest BCUT2D eigenvalue weighted by Crippen LogP contribution is 2.24. The summed E-state index contributed by atoms with van der Waals surface area (Å²) in [6.45, 7) is 3.90. The molecule has 0 radical (unpaired) electrons. The fourth-order valence-electron chi connectivity index (χ4n) is 2.33. The first-order chi connectivity index (χ1) is 9.56. The summed E-state index contributed by atoms with van der Waals surface area (Å²) in [5.41, 5.74) is 2.85. The van der Waals surface area contributed by atoms with Crippen LogP contribution in [0.3, 0.4) is 0 Å². The normalized spacial score (nSPS) is 10.5. The molecule has 0 saturated carbocycles. The van der Waals surface area contributed by atoms with E-state index in [0.717, 1.165) is 11.1 Å². The van der Waals surface area contributed by atoms with Gasteiger partial charge in [0.1, 0.15) is 11.5 Å². The number of phenols is 2. The Kier molecular flexibility index (Phi) is 4.08. The molecule has 0 bridgehead atoms. The van der Waals surface area contributed by atoms with Crippen molar-refractivity contribution in [1.82, 2.24) is 0 Å². The first-order valence-corrected chi connectivity index (χ1v) is 6.75. The van der Waals surface area contributed by atoms with Gasteiger partial charge in [0.25, 0.3) is 0 Å². The standard InChI is InChI=1S/C17H18O3/c1-3-11-9-13(18)5-7-15(11)17(20)16-8-6-14(19)10-12(16)4-2/h5-10,18-19H,3-4H2,1-2H3. The molecule has 0 fully saturated rings. The van der Waals surface area contributed by atoms with Crippen LogP contribution < -0.4 is 0 Å². The van der Waals surface area contributed by atoms with Crippen LogP contribution >= 0.6 is 0 Å². The van der Waals surface area contributed by atoms with Crippen LogP contribution in [0.15, 0.2) is 36.4 Å². The minimum absolute atomic E-state index is 0.0706. The highest BCUT2D eigenvalue weighted by atomic mass is 16.3. The van der Waals surface area contributed by atoms with Gasteiger partial charge >= 0.3 is 0 Å². The summed E-state index contributed by atoms with van der Waals surface area (Å²) in [5.74, 6) is 0.262. The van der Waals surface area contributed by atoms with Crippen LogP contribution in [0, 0.1) is 0 Å². The molecule has 0 aliphatic heterocycles. The van der Waals surface area contributed by atoms with Crippen molar-refractivity contribution in [2.24, 2.45) is 0 Å². The zero-order valence-corrected chi connectivity index (χ0v) is 11.7. The maximum absolute atomic E-state index is 12.7. The Morgan fingerprint density at radius 3 is 1.60 bits per heavy atom. The fourth-order valence-corrected chi connectivity index (χ4v) is 2.33. The van der Waals surface area contributed by atoms with Crippen molar-refractivity contribution in [2.75, 3.05) is 0 Å². The number of phenolic OH excluding ortho intramolecular Hbond substituents is 2. The number of aryl methyl sites for hydroxylation is 2. The molecule has 0 unspecified atom stereocenters. The zero-order valence-electron chi connectivity index (χ0n) is 11.7. The van der Waals surface area contributed by atoms with Crippen molar-refractivity contribution in [3.8, 4) is 11.5 Å². The number of ketones is 1. The van der Waals surface area contributed by atoms with Gasteiger partial charge in [-0.15, -0.1) is 0 Å². The molecule has 104 valence electrons. The smallest absolute Gasteiger partial charge is 0.193 e. The third-order valence-electron chi connectivity index (χ3n) is 3.43. The molecule has 2 aromatic carbocycles. The summed E-state index contributed by atoms with van der Waals surface area (Å²) >= 11 is 0. The Hall–Kier alpha value is -2.29. The molecule has 3 nitrogen and oxygen atoms in total. The molecule has 0 amide bonds. The summed E-state index contributed by atoms with van der Waals surface area (Å²) < 4.78 is 0. The molecular formula is C17H18O3. The Morgan fingerprint density at radius 1 is 0.850 bits per heavy atom. The third kappa shape index (κ3) is 2.67. The number of aromatic hydroxyl groups is 2. The average Bonchev–Trinajstić information content (AvgIpc) is 2.46. The van der Waals surface area contributed by atoms with Crippen LogP contribution in [-0.2, 0) is 12.8 Å². The molecule has 3 heteroatoms. The number of carbonyl (C=O) groups is 1. The van der Waals surface area contributed by atoms with Crippen LogP contribution in [-0.4, -0.2) is 16.0 Å². The van der Waals surface area contributed by atoms with E-state index in [1.165, 1.54) is 12.1 Å². The highest BCUT2D eigenvalue weighted by molar-refractivity contribution is 6.11. The second-order valence-corrected chi connectivity index (χ2v) is 4.72. The van der Waals surface area contributed by atoms with E-state index in [4.69, 9.17) is 0 Å². The van der Waals surface area contributed by atoms with Crippen molar-refractivity contribution in [3.63, 3.8) is 0 Å². The average molecular weight is 270 g/mol. The van der Waals surface area contributed by atoms with Crippen molar-refractivity contribution in [3.05, 3.63) is 58.7 Å². The van der Waals surface area contributed by atoms with Gasteiger partial charge in [0.15, 0.2) is 5.78 Å². The number of hydrogen-bond donors (Lipinski definition) is 2. The minimum Gasteiger partial charge on any atom is -0.508 e. The molecule has 0 aliphatic rings. The first kappa shape index (κ1) is 14.1. The van der Waals surface area contributed by atoms with Gasteiger partial charge in [-0.05, 0) is 60.4 Å². The van der Waals surface area contributed by atoms with Gasteiger partial charge in [0.05, 0.1) is 0 Å². The van der Waals surface area contributed by atoms with Crippen LogP contribution in [0.1, 0.15) is 40.9 Å². The molecule has 0 saturated heterocycles. The predicted molar refractivity (Wildman–Crippen MR) is 78.4 cm³/mol. The Balaban J connectivity index is 2.51. The summed E-state index contributed by atoms with van der Waals surface area (Å²) in [4.78, 5) is 12.7. The van der Waals surface area contributed by atoms with Crippen molar-refractivity contribution in [1.29, 1.82) is 0 Å². The topological polar surface area (TPSA) is 57.5 Å². The quantitative estimate of drug-likeness (QED) is 0.836. The van der Waals surface area contributed by atoms with Crippen LogP contribution in [0.5, 0.6) is 11.5 Å². The lowest BCUT2D eigenvalue weighted by Gasteiger charge is -2.11. The predicted octanol–water partition coefficient (Wildman–Crippen LogP) is 3.45. The Labute approximate surface area is 118 Å². The molecular weight excluding hydrogens is 252 g/mol. The maximum Gasteiger partial charge on any atom is 0.193 e. The highest BCUT2D eigenvalue weighted by Gasteiger charge is 2.16. The molecule has 0 spiro atoms. The summed E-state index contributed by atoms with van der Waals surface area (Å²) in [6, 6.07) is 9.61. The maximum atomic E-state index is 12.7. The van der Waals surface area contributed by atoms with Crippen molar-refractivity contribution >= 4 is 5.78 Å². The van der Waals surface area contributed by atoms with Gasteiger partial charge in [0.2, 0.25) is 0 Å². The lowest BCUT2D eigenvalue weighted by atomic mass is 9.93. The van der Waals surface area contributed by atoms with Crippen LogP contribution in [0.4, 0.5) is 0 Å². The second-order valence-electron chi connectivity index (χ2n) is 4.72. The van der Waals surface area contributed by atoms with Gasteiger partial charge in [-0.1, -0.05) is 13.8 Å². The largest absolute Gasteiger partial charge is 0.508 e. The molecule has 0 atom stereocenters. The van der Waals surface area contributed by atoms with Gasteiger partial charge < -0.3 is 10.2 Å². The lowest BCUT2D eigenvalue weighted by molar-refractivity contribution is 0.103. The Bertz CT molecular complexity index is 589. The molecule has 2 aromatic rings. The van der Waals surface area contributed by atoms with Gasteiger partial charge in [-0.3, -0.25) is 4.79 Å². The number of benzene rings is 2. The molecule has 2 N–H and O–H groups in total. The van der Waals surface area contributed by atoms with Crippen molar-refractivity contribution < 1.29 is 15.0 Å². The summed E-state index contributed by atoms with van der Waals surface area (Å²) in [7, 11) is 0. The van der Waals surface area contributed by atoms with E-state index in [0.29, 0.717) is 24.0 Å². The first-order valence-electron chi connectivity index (χ1n) is 6.75. The third-order valence-corrected chi connectivity index (χ3v) is 3.43. The van der Waals surface area contributed by atoms with E-state index >= 15 is 0 Å². The van der Waals surface area contributed by atoms with E-state index in [2.05, 4.69) is 0 Å². The number of rotatable bonds is 4. The molecule has 0 aromatic heterocycles. The minimum atomic E-state index is -0.0706. The number of hydrogen-bond acceptors (Lipinski definition) is 3. The Morgan fingerprint density at radius 2 is 1.25 bits per heavy atom. The molecule has 0 aliphatic carbocycles. The van der Waals surface area contributed by atoms with E-state index in [-0.39, 0.29) is 17.3 Å². The molecule has 2 rings (SSSR count). The number of carbonyl (C=O) groups excluding carboxylic acids is 1. The van der Waals surface area contributed by atoms with Crippen molar-refractivity contribution in [2.45, 2.75) is 26.7 Å². The van der Waals surface area contributed by atoms with Gasteiger partial charge in [0, 0.05) is 11.1 Å². The van der Waals surface area contributed by atoms with E-state index in [1.54, 1.807) is 24.3 Å². The molecule has 20 heavy (non-hydrogen) atoms. The molecule has 0 heterocycles. The fraction of sp³-hybridized carbons (Fsp3) is 0.235. The van der Waals surface area contributed by atoms with Crippen LogP contribution in [0.2, 0.25) is 0 Å². The van der Waals surface area contributed by atoms with E-state index in [9.17, 15) is 15.0 Å². The second kappa shape index (κ2) is 5.78. The van der Waals surface area contributed by atoms with E-state index in [1.807, 2.05) is 13.8 Å². The summed E-state index contributed by atoms with van der Waals surface area (Å²) in [6.07, 6.45) is 1.35. The van der Waals surface area contributed by atoms with E-state index < -0.39 is 0 Å². The van der Waals surface area contributed by atoms with Gasteiger partial charge in [-0.25, -0.2) is 0 Å². The zero-order chi connectivity index (χ0) is 14.7. The lowest BCUT2D eigenvalue weighted by Crippen LogP contribution is -2.08. The monoisotopic (exact) mass is 270 g/mol. The van der Waals surface area contributed by atoms with Crippen LogP contribution in [0.25, 0.3) is 0 Å². The van der Waals surface area contributed by atoms with Gasteiger partial charge in [-0.2, -0.15) is 0 Å². The summed E-state index contributed by atoms with van der Waals surface area (Å²) in [5, 5.41) is 19.0. The SMILES string of the molecule is CCc1cc(O)ccc1C(=O)c1ccc(O)cc1CC.